The fourth-order valence-electron chi connectivity index (χ4n) is 2.97. The summed E-state index contributed by atoms with van der Waals surface area (Å²) in [7, 11) is 0. The highest BCUT2D eigenvalue weighted by Crippen LogP contribution is 2.26. The largest absolute Gasteiger partial charge is 0.284 e. The minimum absolute atomic E-state index is 0.157. The second kappa shape index (κ2) is 6.34. The summed E-state index contributed by atoms with van der Waals surface area (Å²) in [6.07, 6.45) is 0. The fourth-order valence-corrected chi connectivity index (χ4v) is 3.13. The summed E-state index contributed by atoms with van der Waals surface area (Å²) in [6.45, 7) is 4.36. The number of aryl methyl sites for hydroxylation is 2. The molecule has 0 saturated heterocycles. The zero-order valence-electron chi connectivity index (χ0n) is 14.4. The van der Waals surface area contributed by atoms with Crippen molar-refractivity contribution >= 4 is 23.0 Å². The first kappa shape index (κ1) is 16.4. The van der Waals surface area contributed by atoms with Gasteiger partial charge in [0.15, 0.2) is 0 Å². The maximum absolute atomic E-state index is 12.9. The second-order valence-electron chi connectivity index (χ2n) is 6.27. The number of nitrogens with zero attached hydrogens (tertiary/aromatic N) is 3. The molecule has 0 saturated carbocycles. The van der Waals surface area contributed by atoms with Crippen LogP contribution in [-0.2, 0) is 6.54 Å². The first-order valence-corrected chi connectivity index (χ1v) is 8.65. The van der Waals surface area contributed by atoms with Gasteiger partial charge in [-0.15, -0.1) is 0 Å². The van der Waals surface area contributed by atoms with Crippen LogP contribution in [0.15, 0.2) is 47.3 Å². The predicted octanol–water partition coefficient (Wildman–Crippen LogP) is 3.51. The summed E-state index contributed by atoms with van der Waals surface area (Å²) < 4.78 is 1.78. The Hall–Kier alpha value is -3.06. The Labute approximate surface area is 154 Å². The molecule has 0 amide bonds. The lowest BCUT2D eigenvalue weighted by Crippen LogP contribution is -2.25. The van der Waals surface area contributed by atoms with E-state index in [0.717, 1.165) is 16.6 Å². The van der Waals surface area contributed by atoms with Gasteiger partial charge in [-0.3, -0.25) is 15.0 Å². The Kier molecular flexibility index (Phi) is 4.00. The van der Waals surface area contributed by atoms with Crippen LogP contribution in [0.3, 0.4) is 0 Å². The van der Waals surface area contributed by atoms with Crippen LogP contribution in [0.25, 0.3) is 22.0 Å². The number of fused-ring (bicyclic) bond motifs is 1. The summed E-state index contributed by atoms with van der Waals surface area (Å²) >= 11 is 4.98. The van der Waals surface area contributed by atoms with Crippen LogP contribution in [0.1, 0.15) is 17.0 Å². The molecule has 26 heavy (non-hydrogen) atoms. The molecule has 0 radical (unpaired) electrons. The molecular weight excluding hydrogens is 346 g/mol. The third-order valence-corrected chi connectivity index (χ3v) is 4.69. The van der Waals surface area contributed by atoms with Crippen molar-refractivity contribution in [3.63, 3.8) is 0 Å². The van der Waals surface area contributed by atoms with E-state index in [0.29, 0.717) is 16.0 Å². The molecule has 0 aliphatic rings. The van der Waals surface area contributed by atoms with Gasteiger partial charge in [-0.25, -0.2) is 9.67 Å². The number of nitrogens with one attached hydrogen (secondary N) is 2. The molecule has 130 valence electrons. The molecule has 4 rings (SSSR count). The van der Waals surface area contributed by atoms with Crippen molar-refractivity contribution in [2.75, 3.05) is 0 Å². The lowest BCUT2D eigenvalue weighted by molar-refractivity contribution is 0.626. The van der Waals surface area contributed by atoms with Crippen LogP contribution < -0.4 is 5.56 Å². The summed E-state index contributed by atoms with van der Waals surface area (Å²) in [4.78, 5) is 17.0. The molecule has 2 aromatic carbocycles. The maximum atomic E-state index is 12.9. The van der Waals surface area contributed by atoms with Gasteiger partial charge in [-0.1, -0.05) is 30.3 Å². The van der Waals surface area contributed by atoms with Crippen molar-refractivity contribution in [1.82, 2.24) is 25.0 Å². The maximum Gasteiger partial charge on any atom is 0.275 e. The molecule has 4 aromatic rings. The molecule has 0 atom stereocenters. The molecule has 0 aliphatic heterocycles. The van der Waals surface area contributed by atoms with Crippen LogP contribution in [0, 0.1) is 18.6 Å². The van der Waals surface area contributed by atoms with E-state index in [2.05, 4.69) is 46.3 Å². The second-order valence-corrected chi connectivity index (χ2v) is 6.66. The topological polar surface area (TPSA) is 79.4 Å². The number of hydrogen-bond donors (Lipinski definition) is 2. The molecule has 2 N–H and O–H groups in total. The first-order valence-electron chi connectivity index (χ1n) is 8.24. The predicted molar refractivity (Wildman–Crippen MR) is 104 cm³/mol. The average Bonchev–Trinajstić information content (AvgIpc) is 3.05. The Morgan fingerprint density at radius 2 is 1.81 bits per heavy atom. The number of H-pyrrole nitrogens is 2. The fraction of sp³-hybridized carbons (Fsp3) is 0.158. The van der Waals surface area contributed by atoms with E-state index in [1.54, 1.807) is 0 Å². The third-order valence-electron chi connectivity index (χ3n) is 4.50. The SMILES string of the molecule is Cc1ccc(-c2nn(Cc3nc(=S)[nH][nH]3)c(=O)c3ccccc23)cc1C. The summed E-state index contributed by atoms with van der Waals surface area (Å²) in [5, 5.41) is 11.7. The number of hydrogen-bond acceptors (Lipinski definition) is 4. The molecular formula is C19H17N5OS. The standard InChI is InChI=1S/C19H17N5OS/c1-11-7-8-13(9-12(11)2)17-14-5-3-4-6-15(14)18(25)24(23-17)10-16-20-19(26)22-21-16/h3-9H,10H2,1-2H3,(H2,20,21,22,26). The van der Waals surface area contributed by atoms with E-state index in [4.69, 9.17) is 12.2 Å². The summed E-state index contributed by atoms with van der Waals surface area (Å²) in [5.74, 6) is 0.561. The Bertz CT molecular complexity index is 1230. The molecule has 7 heteroatoms. The van der Waals surface area contributed by atoms with Gasteiger partial charge in [-0.05, 0) is 49.3 Å². The van der Waals surface area contributed by atoms with Gasteiger partial charge in [0.25, 0.3) is 5.56 Å². The normalized spacial score (nSPS) is 11.2. The van der Waals surface area contributed by atoms with Crippen molar-refractivity contribution in [1.29, 1.82) is 0 Å². The Morgan fingerprint density at radius 3 is 2.50 bits per heavy atom. The molecule has 0 aliphatic carbocycles. The quantitative estimate of drug-likeness (QED) is 0.546. The van der Waals surface area contributed by atoms with Gasteiger partial charge in [0.2, 0.25) is 4.77 Å². The van der Waals surface area contributed by atoms with Gasteiger partial charge in [0.05, 0.1) is 11.1 Å². The van der Waals surface area contributed by atoms with Gasteiger partial charge in [0.1, 0.15) is 12.4 Å². The van der Waals surface area contributed by atoms with Crippen LogP contribution >= 0.6 is 12.2 Å². The highest BCUT2D eigenvalue weighted by Gasteiger charge is 2.13. The van der Waals surface area contributed by atoms with Crippen molar-refractivity contribution in [3.8, 4) is 11.3 Å². The van der Waals surface area contributed by atoms with E-state index in [-0.39, 0.29) is 12.1 Å². The highest BCUT2D eigenvalue weighted by molar-refractivity contribution is 7.71. The molecule has 0 fully saturated rings. The molecule has 0 bridgehead atoms. The first-order chi connectivity index (χ1) is 12.5. The monoisotopic (exact) mass is 363 g/mol. The lowest BCUT2D eigenvalue weighted by atomic mass is 10.0. The molecule has 0 spiro atoms. The third kappa shape index (κ3) is 2.86. The van der Waals surface area contributed by atoms with Crippen molar-refractivity contribution in [2.24, 2.45) is 0 Å². The number of aromatic amines is 2. The van der Waals surface area contributed by atoms with E-state index >= 15 is 0 Å². The molecule has 6 nitrogen and oxygen atoms in total. The van der Waals surface area contributed by atoms with Crippen LogP contribution in [0.4, 0.5) is 0 Å². The lowest BCUT2D eigenvalue weighted by Gasteiger charge is -2.11. The Morgan fingerprint density at radius 1 is 1.04 bits per heavy atom. The van der Waals surface area contributed by atoms with E-state index in [1.807, 2.05) is 30.3 Å². The molecule has 2 heterocycles. The highest BCUT2D eigenvalue weighted by atomic mass is 32.1. The Balaban J connectivity index is 1.96. The zero-order valence-corrected chi connectivity index (χ0v) is 15.2. The van der Waals surface area contributed by atoms with Crippen LogP contribution in [0.5, 0.6) is 0 Å². The number of benzene rings is 2. The van der Waals surface area contributed by atoms with Crippen molar-refractivity contribution in [2.45, 2.75) is 20.4 Å². The van der Waals surface area contributed by atoms with E-state index < -0.39 is 0 Å². The van der Waals surface area contributed by atoms with Gasteiger partial charge in [0, 0.05) is 10.9 Å². The number of aromatic nitrogens is 5. The number of rotatable bonds is 3. The average molecular weight is 363 g/mol. The molecule has 0 unspecified atom stereocenters. The van der Waals surface area contributed by atoms with Crippen molar-refractivity contribution in [3.05, 3.63) is 74.5 Å². The van der Waals surface area contributed by atoms with Gasteiger partial charge < -0.3 is 0 Å². The smallest absolute Gasteiger partial charge is 0.275 e. The van der Waals surface area contributed by atoms with E-state index in [1.165, 1.54) is 15.8 Å². The van der Waals surface area contributed by atoms with Crippen LogP contribution in [0.2, 0.25) is 0 Å². The summed E-state index contributed by atoms with van der Waals surface area (Å²) in [5.41, 5.74) is 4.00. The summed E-state index contributed by atoms with van der Waals surface area (Å²) in [6, 6.07) is 13.7. The minimum Gasteiger partial charge on any atom is -0.284 e. The van der Waals surface area contributed by atoms with E-state index in [9.17, 15) is 4.79 Å². The van der Waals surface area contributed by atoms with Gasteiger partial charge in [-0.2, -0.15) is 5.10 Å². The zero-order chi connectivity index (χ0) is 18.3. The van der Waals surface area contributed by atoms with Crippen LogP contribution in [-0.4, -0.2) is 25.0 Å². The molecule has 2 aromatic heterocycles. The minimum atomic E-state index is -0.157. The van der Waals surface area contributed by atoms with Crippen molar-refractivity contribution < 1.29 is 0 Å². The van der Waals surface area contributed by atoms with Gasteiger partial charge >= 0.3 is 0 Å².